The maximum absolute atomic E-state index is 12.8. The minimum atomic E-state index is -0.697. The van der Waals surface area contributed by atoms with Crippen molar-refractivity contribution in [3.8, 4) is 0 Å². The van der Waals surface area contributed by atoms with E-state index in [9.17, 15) is 19.9 Å². The van der Waals surface area contributed by atoms with Gasteiger partial charge in [-0.2, -0.15) is 0 Å². The molecule has 0 spiro atoms. The molecule has 3 aliphatic rings. The minimum Gasteiger partial charge on any atom is -0.410 e. The van der Waals surface area contributed by atoms with Gasteiger partial charge in [-0.05, 0) is 43.2 Å². The number of nitrogens with zero attached hydrogens (tertiary/aromatic N) is 5. The molecule has 2 aromatic rings. The number of amides is 2. The summed E-state index contributed by atoms with van der Waals surface area (Å²) in [5.74, 6) is -0.0298. The fourth-order valence-electron chi connectivity index (χ4n) is 5.24. The number of nitrogens with one attached hydrogen (secondary N) is 2. The first-order chi connectivity index (χ1) is 18.5. The molecule has 2 atom stereocenters. The van der Waals surface area contributed by atoms with E-state index in [1.165, 1.54) is 17.5 Å². The summed E-state index contributed by atoms with van der Waals surface area (Å²) in [6.45, 7) is 3.35. The Kier molecular flexibility index (Phi) is 8.14. The molecule has 1 aromatic heterocycles. The molecule has 202 valence electrons. The van der Waals surface area contributed by atoms with Crippen molar-refractivity contribution in [2.75, 3.05) is 38.0 Å². The molecule has 0 radical (unpaired) electrons. The van der Waals surface area contributed by atoms with Crippen molar-refractivity contribution in [2.45, 2.75) is 50.8 Å². The summed E-state index contributed by atoms with van der Waals surface area (Å²) in [5.41, 5.74) is 3.09. The second-order valence-corrected chi connectivity index (χ2v) is 10.4. The predicted octanol–water partition coefficient (Wildman–Crippen LogP) is 1.27. The smallest absolute Gasteiger partial charge is 0.272 e. The van der Waals surface area contributed by atoms with Gasteiger partial charge < -0.3 is 25.8 Å². The Balaban J connectivity index is 1.10. The van der Waals surface area contributed by atoms with Gasteiger partial charge in [0.05, 0.1) is 6.10 Å². The number of aliphatic hydroxyl groups is 1. The van der Waals surface area contributed by atoms with Crippen LogP contribution in [0, 0.1) is 5.92 Å². The molecule has 2 unspecified atom stereocenters. The number of aliphatic hydroxyl groups excluding tert-OH is 1. The molecule has 5 rings (SSSR count). The quantitative estimate of drug-likeness (QED) is 0.219. The summed E-state index contributed by atoms with van der Waals surface area (Å²) < 4.78 is 0. The van der Waals surface area contributed by atoms with Crippen molar-refractivity contribution in [1.82, 2.24) is 25.1 Å². The van der Waals surface area contributed by atoms with Crippen molar-refractivity contribution >= 4 is 23.3 Å². The van der Waals surface area contributed by atoms with Crippen LogP contribution in [0.5, 0.6) is 0 Å². The van der Waals surface area contributed by atoms with Gasteiger partial charge in [-0.1, -0.05) is 29.4 Å². The minimum absolute atomic E-state index is 0.0471. The van der Waals surface area contributed by atoms with Crippen LogP contribution in [0.4, 0.5) is 5.82 Å². The third-order valence-corrected chi connectivity index (χ3v) is 7.43. The molecule has 3 heterocycles. The number of aromatic nitrogens is 2. The van der Waals surface area contributed by atoms with Crippen LogP contribution in [-0.4, -0.2) is 92.5 Å². The van der Waals surface area contributed by atoms with Crippen LogP contribution < -0.4 is 10.6 Å². The lowest BCUT2D eigenvalue weighted by molar-refractivity contribution is -0.125. The first-order valence-electron chi connectivity index (χ1n) is 13.4. The van der Waals surface area contributed by atoms with Crippen LogP contribution in [0.25, 0.3) is 0 Å². The Labute approximate surface area is 221 Å². The number of benzene rings is 1. The van der Waals surface area contributed by atoms with Crippen LogP contribution in [-0.2, 0) is 17.8 Å². The molecular formula is C27H35N7O4. The number of likely N-dealkylation sites (tertiary alicyclic amines) is 1. The molecule has 2 aliphatic heterocycles. The van der Waals surface area contributed by atoms with Gasteiger partial charge in [0.1, 0.15) is 23.6 Å². The highest BCUT2D eigenvalue weighted by Gasteiger charge is 2.36. The Hall–Kier alpha value is -3.57. The standard InChI is InChI=1S/C27H35N7O4/c35-22(16-33-11-9-18-4-1-2-5-20(18)14-33)13-28-26(36)23-12-24(30-17-29-23)31-21-6-3-10-34(15-21)27(37)25(32-38)19-7-8-19/h1-2,4-5,12,17,19,21-22,35,38H,3,6-11,13-16H2,(H,28,36)(H,29,30,31). The van der Waals surface area contributed by atoms with Gasteiger partial charge in [-0.3, -0.25) is 14.5 Å². The van der Waals surface area contributed by atoms with Gasteiger partial charge in [-0.25, -0.2) is 9.97 Å². The maximum atomic E-state index is 12.8. The second kappa shape index (κ2) is 11.9. The van der Waals surface area contributed by atoms with E-state index >= 15 is 0 Å². The number of hydrogen-bond acceptors (Lipinski definition) is 9. The summed E-state index contributed by atoms with van der Waals surface area (Å²) >= 11 is 0. The zero-order valence-corrected chi connectivity index (χ0v) is 21.4. The first-order valence-corrected chi connectivity index (χ1v) is 13.4. The molecule has 1 aromatic carbocycles. The zero-order valence-electron chi connectivity index (χ0n) is 21.4. The van der Waals surface area contributed by atoms with Crippen LogP contribution in [0.15, 0.2) is 41.8 Å². The van der Waals surface area contributed by atoms with Gasteiger partial charge in [0.2, 0.25) is 0 Å². The number of piperidine rings is 1. The normalized spacial score (nSPS) is 20.9. The number of hydrogen-bond donors (Lipinski definition) is 4. The van der Waals surface area contributed by atoms with Gasteiger partial charge in [-0.15, -0.1) is 0 Å². The van der Waals surface area contributed by atoms with E-state index in [4.69, 9.17) is 0 Å². The van der Waals surface area contributed by atoms with Crippen molar-refractivity contribution in [3.05, 3.63) is 53.5 Å². The topological polar surface area (TPSA) is 143 Å². The predicted molar refractivity (Wildman–Crippen MR) is 141 cm³/mol. The fraction of sp³-hybridized carbons (Fsp3) is 0.519. The molecule has 2 amide bonds. The lowest BCUT2D eigenvalue weighted by Gasteiger charge is -2.33. The Morgan fingerprint density at radius 2 is 1.95 bits per heavy atom. The monoisotopic (exact) mass is 521 g/mol. The lowest BCUT2D eigenvalue weighted by Crippen LogP contribution is -2.48. The number of fused-ring (bicyclic) bond motifs is 1. The maximum Gasteiger partial charge on any atom is 0.272 e. The van der Waals surface area contributed by atoms with Gasteiger partial charge in [0.15, 0.2) is 0 Å². The highest BCUT2D eigenvalue weighted by atomic mass is 16.4. The van der Waals surface area contributed by atoms with E-state index in [0.717, 1.165) is 45.2 Å². The summed E-state index contributed by atoms with van der Waals surface area (Å²) in [5, 5.41) is 29.1. The molecule has 38 heavy (non-hydrogen) atoms. The summed E-state index contributed by atoms with van der Waals surface area (Å²) in [6.07, 6.45) is 5.01. The van der Waals surface area contributed by atoms with Crippen LogP contribution in [0.2, 0.25) is 0 Å². The number of carbonyl (C=O) groups is 2. The van der Waals surface area contributed by atoms with E-state index in [0.29, 0.717) is 25.5 Å². The van der Waals surface area contributed by atoms with Crippen molar-refractivity contribution in [1.29, 1.82) is 0 Å². The van der Waals surface area contributed by atoms with E-state index in [2.05, 4.69) is 48.9 Å². The summed E-state index contributed by atoms with van der Waals surface area (Å²) in [4.78, 5) is 37.7. The van der Waals surface area contributed by atoms with Crippen molar-refractivity contribution in [2.24, 2.45) is 11.1 Å². The van der Waals surface area contributed by atoms with E-state index in [1.54, 1.807) is 11.0 Å². The molecule has 1 saturated heterocycles. The van der Waals surface area contributed by atoms with Crippen molar-refractivity contribution < 1.29 is 19.9 Å². The average molecular weight is 522 g/mol. The first kappa shape index (κ1) is 26.1. The van der Waals surface area contributed by atoms with E-state index < -0.39 is 6.10 Å². The molecule has 1 saturated carbocycles. The van der Waals surface area contributed by atoms with Crippen molar-refractivity contribution in [3.63, 3.8) is 0 Å². The number of β-amino-alcohol motifs (C(OH)–C–C–N with tert-alkyl or cyclic N) is 1. The third-order valence-electron chi connectivity index (χ3n) is 7.43. The SMILES string of the molecule is O=C(NCC(O)CN1CCc2ccccc2C1)c1cc(NC2CCCN(C(=O)C(=NO)C3CC3)C2)ncn1. The molecule has 11 heteroatoms. The highest BCUT2D eigenvalue weighted by Crippen LogP contribution is 2.31. The molecule has 2 fully saturated rings. The largest absolute Gasteiger partial charge is 0.410 e. The van der Waals surface area contributed by atoms with Crippen LogP contribution >= 0.6 is 0 Å². The lowest BCUT2D eigenvalue weighted by atomic mass is 10.00. The molecule has 0 bridgehead atoms. The second-order valence-electron chi connectivity index (χ2n) is 10.4. The number of carbonyl (C=O) groups excluding carboxylic acids is 2. The Morgan fingerprint density at radius 3 is 2.74 bits per heavy atom. The summed E-state index contributed by atoms with van der Waals surface area (Å²) in [7, 11) is 0. The van der Waals surface area contributed by atoms with Crippen LogP contribution in [0.3, 0.4) is 0 Å². The van der Waals surface area contributed by atoms with Crippen LogP contribution in [0.1, 0.15) is 47.3 Å². The van der Waals surface area contributed by atoms with Gasteiger partial charge in [0, 0.05) is 57.3 Å². The number of rotatable bonds is 9. The number of oxime groups is 1. The van der Waals surface area contributed by atoms with E-state index in [-0.39, 0.29) is 41.7 Å². The molecule has 11 nitrogen and oxygen atoms in total. The Bertz CT molecular complexity index is 1190. The molecule has 4 N–H and O–H groups in total. The Morgan fingerprint density at radius 1 is 1.13 bits per heavy atom. The highest BCUT2D eigenvalue weighted by molar-refractivity contribution is 6.40. The zero-order chi connectivity index (χ0) is 26.5. The average Bonchev–Trinajstić information content (AvgIpc) is 3.78. The molecular weight excluding hydrogens is 486 g/mol. The van der Waals surface area contributed by atoms with Gasteiger partial charge in [0.25, 0.3) is 11.8 Å². The fourth-order valence-corrected chi connectivity index (χ4v) is 5.24. The van der Waals surface area contributed by atoms with Gasteiger partial charge >= 0.3 is 0 Å². The molecule has 1 aliphatic carbocycles. The van der Waals surface area contributed by atoms with E-state index in [1.807, 2.05) is 6.07 Å². The third kappa shape index (κ3) is 6.46. The summed E-state index contributed by atoms with van der Waals surface area (Å²) in [6, 6.07) is 9.88. The number of anilines is 1.